The van der Waals surface area contributed by atoms with Gasteiger partial charge in [0.1, 0.15) is 0 Å². The highest BCUT2D eigenvalue weighted by molar-refractivity contribution is 6.30. The zero-order valence-electron chi connectivity index (χ0n) is 11.4. The largest absolute Gasteiger partial charge is 0.481 e. The first kappa shape index (κ1) is 14.9. The second-order valence-corrected chi connectivity index (χ2v) is 5.97. The van der Waals surface area contributed by atoms with Crippen LogP contribution in [-0.4, -0.2) is 23.5 Å². The quantitative estimate of drug-likeness (QED) is 0.847. The van der Waals surface area contributed by atoms with Gasteiger partial charge in [0.25, 0.3) is 0 Å². The highest BCUT2D eigenvalue weighted by atomic mass is 35.5. The van der Waals surface area contributed by atoms with Crippen LogP contribution in [0.4, 0.5) is 0 Å². The molecule has 4 nitrogen and oxygen atoms in total. The number of carbonyl (C=O) groups excluding carboxylic acids is 1. The molecule has 0 saturated heterocycles. The van der Waals surface area contributed by atoms with Crippen LogP contribution in [0, 0.1) is 11.3 Å². The summed E-state index contributed by atoms with van der Waals surface area (Å²) in [5, 5.41) is 12.5. The summed E-state index contributed by atoms with van der Waals surface area (Å²) in [4.78, 5) is 23.0. The Morgan fingerprint density at radius 1 is 1.45 bits per heavy atom. The number of amides is 1. The van der Waals surface area contributed by atoms with Crippen molar-refractivity contribution in [1.29, 1.82) is 0 Å². The van der Waals surface area contributed by atoms with Crippen molar-refractivity contribution in [3.05, 3.63) is 34.9 Å². The number of nitrogens with one attached hydrogen (secondary N) is 1. The Morgan fingerprint density at radius 2 is 2.15 bits per heavy atom. The Morgan fingerprint density at radius 3 is 2.70 bits per heavy atom. The molecule has 0 radical (unpaired) electrons. The number of carboxylic acid groups (broad SMARTS) is 1. The molecule has 1 aromatic rings. The van der Waals surface area contributed by atoms with E-state index >= 15 is 0 Å². The van der Waals surface area contributed by atoms with Crippen molar-refractivity contribution in [3.8, 4) is 0 Å². The van der Waals surface area contributed by atoms with Crippen LogP contribution in [0.3, 0.4) is 0 Å². The molecule has 20 heavy (non-hydrogen) atoms. The van der Waals surface area contributed by atoms with E-state index in [4.69, 9.17) is 16.7 Å². The lowest BCUT2D eigenvalue weighted by molar-refractivity contribution is -0.143. The first-order valence-electron chi connectivity index (χ1n) is 6.68. The van der Waals surface area contributed by atoms with Gasteiger partial charge in [0, 0.05) is 17.5 Å². The molecule has 0 bridgehead atoms. The van der Waals surface area contributed by atoms with Gasteiger partial charge in [0.05, 0.1) is 5.41 Å². The number of aliphatic carboxylic acids is 1. The molecule has 108 valence electrons. The third-order valence-corrected chi connectivity index (χ3v) is 4.02. The molecule has 1 atom stereocenters. The molecule has 0 aromatic heterocycles. The lowest BCUT2D eigenvalue weighted by atomic mass is 10.00. The lowest BCUT2D eigenvalue weighted by Crippen LogP contribution is -2.37. The van der Waals surface area contributed by atoms with Gasteiger partial charge in [-0.25, -0.2) is 0 Å². The normalized spacial score (nSPS) is 17.3. The summed E-state index contributed by atoms with van der Waals surface area (Å²) in [5.74, 6) is -1.14. The van der Waals surface area contributed by atoms with E-state index in [9.17, 15) is 9.59 Å². The fourth-order valence-corrected chi connectivity index (χ4v) is 2.37. The first-order valence-corrected chi connectivity index (χ1v) is 7.06. The number of benzene rings is 1. The van der Waals surface area contributed by atoms with Crippen molar-refractivity contribution in [2.24, 2.45) is 11.3 Å². The van der Waals surface area contributed by atoms with Crippen LogP contribution < -0.4 is 5.32 Å². The minimum absolute atomic E-state index is 0.113. The number of carbonyl (C=O) groups is 2. The molecule has 1 amide bonds. The molecule has 1 fully saturated rings. The van der Waals surface area contributed by atoms with Gasteiger partial charge in [0.2, 0.25) is 5.91 Å². The molecule has 5 heteroatoms. The lowest BCUT2D eigenvalue weighted by Gasteiger charge is -2.15. The Kier molecular flexibility index (Phi) is 4.33. The summed E-state index contributed by atoms with van der Waals surface area (Å²) in [6.07, 6.45) is 1.88. The second kappa shape index (κ2) is 5.83. The fourth-order valence-electron chi connectivity index (χ4n) is 2.16. The predicted molar refractivity (Wildman–Crippen MR) is 76.6 cm³/mol. The van der Waals surface area contributed by atoms with E-state index in [-0.39, 0.29) is 18.4 Å². The third kappa shape index (κ3) is 3.51. The molecule has 1 unspecified atom stereocenters. The second-order valence-electron chi connectivity index (χ2n) is 5.54. The van der Waals surface area contributed by atoms with E-state index < -0.39 is 11.4 Å². The average Bonchev–Trinajstić information content (AvgIpc) is 3.17. The van der Waals surface area contributed by atoms with E-state index in [1.807, 2.05) is 25.1 Å². The molecular formula is C15H18ClNO3. The summed E-state index contributed by atoms with van der Waals surface area (Å²) in [6.45, 7) is 2.05. The van der Waals surface area contributed by atoms with Gasteiger partial charge in [0.15, 0.2) is 0 Å². The first-order chi connectivity index (χ1) is 9.43. The summed E-state index contributed by atoms with van der Waals surface area (Å²) in [6, 6.07) is 7.41. The number of hydrogen-bond donors (Lipinski definition) is 2. The van der Waals surface area contributed by atoms with Crippen LogP contribution >= 0.6 is 11.6 Å². The van der Waals surface area contributed by atoms with E-state index in [0.717, 1.165) is 5.56 Å². The Labute approximate surface area is 123 Å². The summed E-state index contributed by atoms with van der Waals surface area (Å²) < 4.78 is 0. The Hall–Kier alpha value is -1.55. The number of halogens is 1. The number of rotatable bonds is 6. The number of carboxylic acids is 1. The zero-order chi connectivity index (χ0) is 14.8. The van der Waals surface area contributed by atoms with Crippen molar-refractivity contribution in [3.63, 3.8) is 0 Å². The van der Waals surface area contributed by atoms with Gasteiger partial charge in [-0.15, -0.1) is 0 Å². The molecule has 1 saturated carbocycles. The van der Waals surface area contributed by atoms with Crippen molar-refractivity contribution >= 4 is 23.5 Å². The maximum atomic E-state index is 12.0. The van der Waals surface area contributed by atoms with Gasteiger partial charge in [-0.05, 0) is 37.0 Å². The van der Waals surface area contributed by atoms with Gasteiger partial charge >= 0.3 is 5.97 Å². The van der Waals surface area contributed by atoms with Gasteiger partial charge < -0.3 is 10.4 Å². The van der Waals surface area contributed by atoms with Gasteiger partial charge in [-0.2, -0.15) is 0 Å². The molecule has 2 N–H and O–H groups in total. The van der Waals surface area contributed by atoms with Gasteiger partial charge in [-0.1, -0.05) is 30.7 Å². The molecule has 1 aliphatic carbocycles. The van der Waals surface area contributed by atoms with Crippen molar-refractivity contribution in [2.45, 2.75) is 26.2 Å². The third-order valence-electron chi connectivity index (χ3n) is 3.79. The maximum Gasteiger partial charge on any atom is 0.311 e. The molecular weight excluding hydrogens is 278 g/mol. The number of hydrogen-bond acceptors (Lipinski definition) is 2. The smallest absolute Gasteiger partial charge is 0.311 e. The van der Waals surface area contributed by atoms with E-state index in [1.165, 1.54) is 0 Å². The molecule has 1 aliphatic rings. The van der Waals surface area contributed by atoms with Crippen LogP contribution in [0.1, 0.15) is 25.3 Å². The average molecular weight is 296 g/mol. The molecule has 2 rings (SSSR count). The minimum atomic E-state index is -0.819. The van der Waals surface area contributed by atoms with Crippen LogP contribution in [0.2, 0.25) is 5.02 Å². The van der Waals surface area contributed by atoms with E-state index in [2.05, 4.69) is 5.32 Å². The van der Waals surface area contributed by atoms with Crippen molar-refractivity contribution in [1.82, 2.24) is 5.32 Å². The van der Waals surface area contributed by atoms with Crippen LogP contribution in [0.15, 0.2) is 24.3 Å². The summed E-state index contributed by atoms with van der Waals surface area (Å²) in [7, 11) is 0. The fraction of sp³-hybridized carbons (Fsp3) is 0.467. The minimum Gasteiger partial charge on any atom is -0.481 e. The van der Waals surface area contributed by atoms with E-state index in [0.29, 0.717) is 24.3 Å². The summed E-state index contributed by atoms with van der Waals surface area (Å²) >= 11 is 5.91. The molecule has 0 aliphatic heterocycles. The van der Waals surface area contributed by atoms with Crippen molar-refractivity contribution in [2.75, 3.05) is 6.54 Å². The summed E-state index contributed by atoms with van der Waals surface area (Å²) in [5.41, 5.74) is 0.283. The monoisotopic (exact) mass is 295 g/mol. The van der Waals surface area contributed by atoms with Gasteiger partial charge in [-0.3, -0.25) is 9.59 Å². The van der Waals surface area contributed by atoms with Crippen molar-refractivity contribution < 1.29 is 14.7 Å². The Balaban J connectivity index is 1.85. The predicted octanol–water partition coefficient (Wildman–Crippen LogP) is 2.50. The SMILES string of the molecule is CC(Cc1cccc(Cl)c1)C(=O)NCC1(C(=O)O)CC1. The topological polar surface area (TPSA) is 66.4 Å². The molecule has 0 heterocycles. The standard InChI is InChI=1S/C15H18ClNO3/c1-10(7-11-3-2-4-12(16)8-11)13(18)17-9-15(5-6-15)14(19)20/h2-4,8,10H,5-7,9H2,1H3,(H,17,18)(H,19,20). The highest BCUT2D eigenvalue weighted by Gasteiger charge is 2.50. The Bertz CT molecular complexity index is 526. The van der Waals surface area contributed by atoms with E-state index in [1.54, 1.807) is 6.07 Å². The highest BCUT2D eigenvalue weighted by Crippen LogP contribution is 2.45. The molecule has 0 spiro atoms. The maximum absolute atomic E-state index is 12.0. The van der Waals surface area contributed by atoms with Crippen LogP contribution in [-0.2, 0) is 16.0 Å². The molecule has 1 aromatic carbocycles. The van der Waals surface area contributed by atoms with Crippen LogP contribution in [0.25, 0.3) is 0 Å². The van der Waals surface area contributed by atoms with Crippen LogP contribution in [0.5, 0.6) is 0 Å². The zero-order valence-corrected chi connectivity index (χ0v) is 12.1.